The Labute approximate surface area is 136 Å². The lowest BCUT2D eigenvalue weighted by Gasteiger charge is -2.30. The van der Waals surface area contributed by atoms with Crippen molar-refractivity contribution in [1.82, 2.24) is 5.32 Å². The van der Waals surface area contributed by atoms with Crippen molar-refractivity contribution in [2.24, 2.45) is 5.92 Å². The van der Waals surface area contributed by atoms with Gasteiger partial charge < -0.3 is 15.2 Å². The highest BCUT2D eigenvalue weighted by atomic mass is 16.6. The van der Waals surface area contributed by atoms with E-state index in [1.807, 2.05) is 12.1 Å². The Bertz CT molecular complexity index is 563. The highest BCUT2D eigenvalue weighted by Gasteiger charge is 2.31. The van der Waals surface area contributed by atoms with Gasteiger partial charge in [0.05, 0.1) is 5.92 Å². The van der Waals surface area contributed by atoms with E-state index in [0.717, 1.165) is 18.5 Å². The number of amides is 1. The number of carboxylic acid groups (broad SMARTS) is 1. The summed E-state index contributed by atoms with van der Waals surface area (Å²) in [6.07, 6.45) is 1.03. The van der Waals surface area contributed by atoms with Crippen molar-refractivity contribution in [3.63, 3.8) is 0 Å². The van der Waals surface area contributed by atoms with Crippen LogP contribution in [0.4, 0.5) is 10.5 Å². The van der Waals surface area contributed by atoms with E-state index in [-0.39, 0.29) is 6.04 Å². The standard InChI is InChI=1S/C17H24N2O4/c1-17(2,3)23-16(22)19-12-8-6-11(7-9-12)14-13(15(20)21)5-4-10-18-14/h6-9,13-14,18H,4-5,10H2,1-3H3,(H,19,22)(H,20,21)/t13?,14-/m0/s1. The molecule has 1 unspecified atom stereocenters. The van der Waals surface area contributed by atoms with Crippen LogP contribution < -0.4 is 10.6 Å². The number of hydrogen-bond acceptors (Lipinski definition) is 4. The first-order valence-electron chi connectivity index (χ1n) is 7.82. The fraction of sp³-hybridized carbons (Fsp3) is 0.529. The van der Waals surface area contributed by atoms with Crippen LogP contribution in [0.1, 0.15) is 45.2 Å². The van der Waals surface area contributed by atoms with Gasteiger partial charge in [0.25, 0.3) is 0 Å². The van der Waals surface area contributed by atoms with Crippen LogP contribution in [0.5, 0.6) is 0 Å². The minimum atomic E-state index is -0.779. The third kappa shape index (κ3) is 4.96. The van der Waals surface area contributed by atoms with Crippen molar-refractivity contribution in [2.45, 2.75) is 45.3 Å². The maximum Gasteiger partial charge on any atom is 0.412 e. The van der Waals surface area contributed by atoms with Gasteiger partial charge in [-0.15, -0.1) is 0 Å². The first kappa shape index (κ1) is 17.3. The molecule has 1 aromatic rings. The third-order valence-electron chi connectivity index (χ3n) is 3.69. The first-order valence-corrected chi connectivity index (χ1v) is 7.82. The number of ether oxygens (including phenoxy) is 1. The molecule has 2 atom stereocenters. The summed E-state index contributed by atoms with van der Waals surface area (Å²) in [5.74, 6) is -1.20. The fourth-order valence-corrected chi connectivity index (χ4v) is 2.70. The SMILES string of the molecule is CC(C)(C)OC(=O)Nc1ccc([C@@H]2NCCCC2C(=O)O)cc1. The Morgan fingerprint density at radius 2 is 1.91 bits per heavy atom. The highest BCUT2D eigenvalue weighted by molar-refractivity contribution is 5.84. The molecular weight excluding hydrogens is 296 g/mol. The van der Waals surface area contributed by atoms with Crippen molar-refractivity contribution in [3.8, 4) is 0 Å². The molecule has 3 N–H and O–H groups in total. The molecule has 0 radical (unpaired) electrons. The molecule has 2 rings (SSSR count). The van der Waals surface area contributed by atoms with Crippen LogP contribution in [0, 0.1) is 5.92 Å². The Balaban J connectivity index is 2.04. The molecule has 1 aliphatic rings. The quantitative estimate of drug-likeness (QED) is 0.796. The number of nitrogens with one attached hydrogen (secondary N) is 2. The summed E-state index contributed by atoms with van der Waals surface area (Å²) in [7, 11) is 0. The van der Waals surface area contributed by atoms with Gasteiger partial charge in [-0.2, -0.15) is 0 Å². The Morgan fingerprint density at radius 1 is 1.26 bits per heavy atom. The normalized spacial score (nSPS) is 21.5. The number of rotatable bonds is 3. The zero-order chi connectivity index (χ0) is 17.0. The Kier molecular flexibility index (Phi) is 5.26. The van der Waals surface area contributed by atoms with Gasteiger partial charge >= 0.3 is 12.1 Å². The zero-order valence-corrected chi connectivity index (χ0v) is 13.8. The second kappa shape index (κ2) is 7.00. The van der Waals surface area contributed by atoms with Crippen LogP contribution in [0.3, 0.4) is 0 Å². The third-order valence-corrected chi connectivity index (χ3v) is 3.69. The van der Waals surface area contributed by atoms with Gasteiger partial charge in [-0.05, 0) is 57.9 Å². The zero-order valence-electron chi connectivity index (χ0n) is 13.8. The van der Waals surface area contributed by atoms with Gasteiger partial charge in [-0.25, -0.2) is 4.79 Å². The maximum atomic E-state index is 11.7. The van der Waals surface area contributed by atoms with Gasteiger partial charge in [0.15, 0.2) is 0 Å². The van der Waals surface area contributed by atoms with E-state index < -0.39 is 23.6 Å². The number of aliphatic carboxylic acids is 1. The predicted molar refractivity (Wildman–Crippen MR) is 87.4 cm³/mol. The first-order chi connectivity index (χ1) is 10.8. The molecule has 1 fully saturated rings. The average Bonchev–Trinajstić information content (AvgIpc) is 2.46. The van der Waals surface area contributed by atoms with E-state index in [1.165, 1.54) is 0 Å². The van der Waals surface area contributed by atoms with E-state index in [1.54, 1.807) is 32.9 Å². The lowest BCUT2D eigenvalue weighted by molar-refractivity contribution is -0.143. The Hall–Kier alpha value is -2.08. The lowest BCUT2D eigenvalue weighted by Crippen LogP contribution is -2.38. The van der Waals surface area contributed by atoms with E-state index >= 15 is 0 Å². The molecule has 23 heavy (non-hydrogen) atoms. The molecule has 0 spiro atoms. The smallest absolute Gasteiger partial charge is 0.412 e. The summed E-state index contributed by atoms with van der Waals surface area (Å²) in [5.41, 5.74) is 0.975. The maximum absolute atomic E-state index is 11.7. The van der Waals surface area contributed by atoms with Gasteiger partial charge in [-0.3, -0.25) is 10.1 Å². The number of piperidine rings is 1. The summed E-state index contributed by atoms with van der Waals surface area (Å²) in [5, 5.41) is 15.3. The molecule has 1 amide bonds. The lowest BCUT2D eigenvalue weighted by atomic mass is 9.86. The molecule has 0 aromatic heterocycles. The number of benzene rings is 1. The van der Waals surface area contributed by atoms with Crippen molar-refractivity contribution in [1.29, 1.82) is 0 Å². The fourth-order valence-electron chi connectivity index (χ4n) is 2.70. The highest BCUT2D eigenvalue weighted by Crippen LogP contribution is 2.30. The second-order valence-electron chi connectivity index (χ2n) is 6.77. The summed E-state index contributed by atoms with van der Waals surface area (Å²) >= 11 is 0. The number of hydrogen-bond donors (Lipinski definition) is 3. The van der Waals surface area contributed by atoms with Gasteiger partial charge in [0.2, 0.25) is 0 Å². The van der Waals surface area contributed by atoms with E-state index in [0.29, 0.717) is 12.1 Å². The van der Waals surface area contributed by atoms with E-state index in [4.69, 9.17) is 4.74 Å². The van der Waals surface area contributed by atoms with Crippen LogP contribution in [0.25, 0.3) is 0 Å². The summed E-state index contributed by atoms with van der Waals surface area (Å²) in [6.45, 7) is 6.22. The summed E-state index contributed by atoms with van der Waals surface area (Å²) in [6, 6.07) is 7.00. The molecule has 126 valence electrons. The van der Waals surface area contributed by atoms with Crippen LogP contribution in [-0.2, 0) is 9.53 Å². The minimum Gasteiger partial charge on any atom is -0.481 e. The van der Waals surface area contributed by atoms with Crippen molar-refractivity contribution >= 4 is 17.7 Å². The van der Waals surface area contributed by atoms with Crippen LogP contribution in [0.15, 0.2) is 24.3 Å². The second-order valence-corrected chi connectivity index (χ2v) is 6.77. The van der Waals surface area contributed by atoms with Crippen molar-refractivity contribution in [2.75, 3.05) is 11.9 Å². The Morgan fingerprint density at radius 3 is 2.48 bits per heavy atom. The average molecular weight is 320 g/mol. The number of anilines is 1. The van der Waals surface area contributed by atoms with Crippen LogP contribution in [0.2, 0.25) is 0 Å². The molecular formula is C17H24N2O4. The molecule has 1 saturated heterocycles. The predicted octanol–water partition coefficient (Wildman–Crippen LogP) is 3.16. The molecule has 1 aromatic carbocycles. The van der Waals surface area contributed by atoms with E-state index in [2.05, 4.69) is 10.6 Å². The minimum absolute atomic E-state index is 0.197. The molecule has 6 heteroatoms. The molecule has 0 saturated carbocycles. The molecule has 1 aliphatic heterocycles. The molecule has 6 nitrogen and oxygen atoms in total. The van der Waals surface area contributed by atoms with Crippen LogP contribution in [-0.4, -0.2) is 29.3 Å². The topological polar surface area (TPSA) is 87.7 Å². The number of carbonyl (C=O) groups is 2. The van der Waals surface area contributed by atoms with Gasteiger partial charge in [-0.1, -0.05) is 12.1 Å². The largest absolute Gasteiger partial charge is 0.481 e. The van der Waals surface area contributed by atoms with Crippen molar-refractivity contribution in [3.05, 3.63) is 29.8 Å². The van der Waals surface area contributed by atoms with Gasteiger partial charge in [0, 0.05) is 11.7 Å². The molecule has 0 aliphatic carbocycles. The summed E-state index contributed by atoms with van der Waals surface area (Å²) in [4.78, 5) is 23.1. The number of carbonyl (C=O) groups excluding carboxylic acids is 1. The molecule has 0 bridgehead atoms. The van der Waals surface area contributed by atoms with Gasteiger partial charge in [0.1, 0.15) is 5.60 Å². The van der Waals surface area contributed by atoms with E-state index in [9.17, 15) is 14.7 Å². The van der Waals surface area contributed by atoms with Crippen molar-refractivity contribution < 1.29 is 19.4 Å². The number of carboxylic acids is 1. The monoisotopic (exact) mass is 320 g/mol. The van der Waals surface area contributed by atoms with Crippen LogP contribution >= 0.6 is 0 Å². The summed E-state index contributed by atoms with van der Waals surface area (Å²) < 4.78 is 5.20. The molecule has 1 heterocycles.